The SMILES string of the molecule is CC(=O)C(=O)n1cccc1. The van der Waals surface area contributed by atoms with Gasteiger partial charge in [0.15, 0.2) is 0 Å². The van der Waals surface area contributed by atoms with Gasteiger partial charge in [-0.2, -0.15) is 0 Å². The van der Waals surface area contributed by atoms with E-state index in [9.17, 15) is 9.59 Å². The molecule has 1 heterocycles. The highest BCUT2D eigenvalue weighted by molar-refractivity contribution is 6.36. The zero-order valence-corrected chi connectivity index (χ0v) is 5.57. The van der Waals surface area contributed by atoms with Crippen molar-refractivity contribution >= 4 is 11.7 Å². The number of hydrogen-bond acceptors (Lipinski definition) is 2. The van der Waals surface area contributed by atoms with E-state index in [0.717, 1.165) is 0 Å². The van der Waals surface area contributed by atoms with Crippen LogP contribution in [-0.2, 0) is 4.79 Å². The van der Waals surface area contributed by atoms with Crippen LogP contribution >= 0.6 is 0 Å². The number of carbonyl (C=O) groups is 2. The molecule has 0 aliphatic rings. The molecule has 0 N–H and O–H groups in total. The lowest BCUT2D eigenvalue weighted by Crippen LogP contribution is -2.16. The first-order valence-corrected chi connectivity index (χ1v) is 2.90. The average molecular weight is 137 g/mol. The van der Waals surface area contributed by atoms with Crippen molar-refractivity contribution in [2.24, 2.45) is 0 Å². The first kappa shape index (κ1) is 6.74. The monoisotopic (exact) mass is 137 g/mol. The van der Waals surface area contributed by atoms with Crippen molar-refractivity contribution in [1.82, 2.24) is 4.57 Å². The molecular formula is C7H7NO2. The van der Waals surface area contributed by atoms with Crippen LogP contribution in [0.1, 0.15) is 11.7 Å². The van der Waals surface area contributed by atoms with Gasteiger partial charge in [-0.05, 0) is 12.1 Å². The maximum atomic E-state index is 10.8. The molecule has 1 aromatic heterocycles. The summed E-state index contributed by atoms with van der Waals surface area (Å²) in [6.45, 7) is 1.25. The van der Waals surface area contributed by atoms with Crippen LogP contribution in [0.15, 0.2) is 24.5 Å². The smallest absolute Gasteiger partial charge is 0.289 e. The molecule has 0 aliphatic heterocycles. The molecule has 0 aromatic carbocycles. The van der Waals surface area contributed by atoms with E-state index in [1.807, 2.05) is 0 Å². The number of nitrogens with zero attached hydrogens (tertiary/aromatic N) is 1. The zero-order valence-electron chi connectivity index (χ0n) is 5.57. The van der Waals surface area contributed by atoms with Crippen LogP contribution in [0.3, 0.4) is 0 Å². The molecule has 0 atom stereocenters. The van der Waals surface area contributed by atoms with Gasteiger partial charge in [0.25, 0.3) is 5.91 Å². The van der Waals surface area contributed by atoms with Gasteiger partial charge in [-0.15, -0.1) is 0 Å². The highest BCUT2D eigenvalue weighted by Crippen LogP contribution is 1.89. The Labute approximate surface area is 58.3 Å². The highest BCUT2D eigenvalue weighted by Gasteiger charge is 2.07. The third-order valence-electron chi connectivity index (χ3n) is 1.14. The van der Waals surface area contributed by atoms with Crippen LogP contribution in [0.4, 0.5) is 0 Å². The number of hydrogen-bond donors (Lipinski definition) is 0. The van der Waals surface area contributed by atoms with Crippen molar-refractivity contribution in [3.05, 3.63) is 24.5 Å². The molecule has 0 amide bonds. The number of Topliss-reactive ketones (excluding diaryl/α,β-unsaturated/α-hetero) is 1. The van der Waals surface area contributed by atoms with Gasteiger partial charge in [-0.1, -0.05) is 0 Å². The summed E-state index contributed by atoms with van der Waals surface area (Å²) in [7, 11) is 0. The molecule has 1 rings (SSSR count). The van der Waals surface area contributed by atoms with Crippen LogP contribution in [-0.4, -0.2) is 16.3 Å². The van der Waals surface area contributed by atoms with E-state index < -0.39 is 11.7 Å². The van der Waals surface area contributed by atoms with Crippen molar-refractivity contribution in [2.45, 2.75) is 6.92 Å². The summed E-state index contributed by atoms with van der Waals surface area (Å²) in [6.07, 6.45) is 3.09. The Hall–Kier alpha value is -1.38. The minimum absolute atomic E-state index is 0.448. The average Bonchev–Trinajstić information content (AvgIpc) is 2.36. The summed E-state index contributed by atoms with van der Waals surface area (Å²) in [5, 5.41) is 0. The van der Waals surface area contributed by atoms with Crippen molar-refractivity contribution in [2.75, 3.05) is 0 Å². The van der Waals surface area contributed by atoms with Gasteiger partial charge in [0.2, 0.25) is 5.78 Å². The summed E-state index contributed by atoms with van der Waals surface area (Å²) >= 11 is 0. The van der Waals surface area contributed by atoms with E-state index in [2.05, 4.69) is 0 Å². The third-order valence-corrected chi connectivity index (χ3v) is 1.14. The topological polar surface area (TPSA) is 39.1 Å². The molecule has 1 aromatic rings. The molecule has 0 fully saturated rings. The van der Waals surface area contributed by atoms with Crippen LogP contribution in [0.2, 0.25) is 0 Å². The summed E-state index contributed by atoms with van der Waals surface area (Å²) in [5.41, 5.74) is 0. The number of rotatable bonds is 1. The molecule has 52 valence electrons. The van der Waals surface area contributed by atoms with E-state index >= 15 is 0 Å². The molecule has 3 nitrogen and oxygen atoms in total. The second-order valence-electron chi connectivity index (χ2n) is 1.95. The van der Waals surface area contributed by atoms with Gasteiger partial charge in [0, 0.05) is 19.3 Å². The maximum absolute atomic E-state index is 10.8. The minimum Gasteiger partial charge on any atom is -0.289 e. The Morgan fingerprint density at radius 2 is 1.70 bits per heavy atom. The standard InChI is InChI=1S/C7H7NO2/c1-6(9)7(10)8-4-2-3-5-8/h2-5H,1H3. The van der Waals surface area contributed by atoms with Crippen LogP contribution in [0.25, 0.3) is 0 Å². The van der Waals surface area contributed by atoms with Crippen molar-refractivity contribution in [1.29, 1.82) is 0 Å². The number of ketones is 1. The number of aromatic nitrogens is 1. The fourth-order valence-corrected chi connectivity index (χ4v) is 0.652. The quantitative estimate of drug-likeness (QED) is 0.535. The van der Waals surface area contributed by atoms with E-state index in [4.69, 9.17) is 0 Å². The normalized spacial score (nSPS) is 9.30. The van der Waals surface area contributed by atoms with Crippen molar-refractivity contribution < 1.29 is 9.59 Å². The van der Waals surface area contributed by atoms with Crippen molar-refractivity contribution in [3.63, 3.8) is 0 Å². The first-order valence-electron chi connectivity index (χ1n) is 2.90. The molecule has 3 heteroatoms. The lowest BCUT2D eigenvalue weighted by Gasteiger charge is -1.93. The van der Waals surface area contributed by atoms with Crippen molar-refractivity contribution in [3.8, 4) is 0 Å². The molecule has 0 saturated heterocycles. The Kier molecular flexibility index (Phi) is 1.67. The minimum atomic E-state index is -0.495. The summed E-state index contributed by atoms with van der Waals surface area (Å²) in [5.74, 6) is -0.943. The van der Waals surface area contributed by atoms with Gasteiger partial charge in [-0.3, -0.25) is 14.2 Å². The molecule has 0 unspecified atom stereocenters. The molecule has 0 spiro atoms. The molecule has 10 heavy (non-hydrogen) atoms. The summed E-state index contributed by atoms with van der Waals surface area (Å²) in [6, 6.07) is 3.39. The molecular weight excluding hydrogens is 130 g/mol. The zero-order chi connectivity index (χ0) is 7.56. The third kappa shape index (κ3) is 1.13. The second kappa shape index (κ2) is 2.47. The van der Waals surface area contributed by atoms with Crippen LogP contribution in [0, 0.1) is 0 Å². The Morgan fingerprint density at radius 1 is 1.20 bits per heavy atom. The fourth-order valence-electron chi connectivity index (χ4n) is 0.652. The Morgan fingerprint density at radius 3 is 2.10 bits per heavy atom. The van der Waals surface area contributed by atoms with E-state index in [0.29, 0.717) is 0 Å². The molecule has 0 bridgehead atoms. The maximum Gasteiger partial charge on any atom is 0.297 e. The Balaban J connectivity index is 2.88. The highest BCUT2D eigenvalue weighted by atomic mass is 16.2. The first-order chi connectivity index (χ1) is 4.72. The van der Waals surface area contributed by atoms with Gasteiger partial charge in [0.05, 0.1) is 0 Å². The lowest BCUT2D eigenvalue weighted by atomic mass is 10.4. The van der Waals surface area contributed by atoms with Gasteiger partial charge < -0.3 is 0 Å². The Bertz CT molecular complexity index is 249. The molecule has 0 aliphatic carbocycles. The largest absolute Gasteiger partial charge is 0.297 e. The summed E-state index contributed by atoms with van der Waals surface area (Å²) in [4.78, 5) is 21.3. The summed E-state index contributed by atoms with van der Waals surface area (Å²) < 4.78 is 1.25. The van der Waals surface area contributed by atoms with E-state index in [1.54, 1.807) is 24.5 Å². The lowest BCUT2D eigenvalue weighted by molar-refractivity contribution is -0.113. The van der Waals surface area contributed by atoms with Gasteiger partial charge in [0.1, 0.15) is 0 Å². The second-order valence-corrected chi connectivity index (χ2v) is 1.95. The van der Waals surface area contributed by atoms with Gasteiger partial charge in [-0.25, -0.2) is 0 Å². The fraction of sp³-hybridized carbons (Fsp3) is 0.143. The predicted octanol–water partition coefficient (Wildman–Crippen LogP) is 0.717. The van der Waals surface area contributed by atoms with E-state index in [1.165, 1.54) is 11.5 Å². The van der Waals surface area contributed by atoms with Crippen LogP contribution in [0.5, 0.6) is 0 Å². The number of carbonyl (C=O) groups excluding carboxylic acids is 2. The van der Waals surface area contributed by atoms with Gasteiger partial charge >= 0.3 is 0 Å². The molecule has 0 saturated carbocycles. The molecule has 0 radical (unpaired) electrons. The van der Waals surface area contributed by atoms with E-state index in [-0.39, 0.29) is 0 Å². The van der Waals surface area contributed by atoms with Crippen LogP contribution < -0.4 is 0 Å². The predicted molar refractivity (Wildman–Crippen MR) is 35.7 cm³/mol.